The zero-order valence-electron chi connectivity index (χ0n) is 16.8. The molecule has 1 aliphatic carbocycles. The first-order valence-electron chi connectivity index (χ1n) is 10.6. The Labute approximate surface area is 171 Å². The Morgan fingerprint density at radius 2 is 1.79 bits per heavy atom. The summed E-state index contributed by atoms with van der Waals surface area (Å²) in [6.07, 6.45) is 5.17. The molecule has 5 rings (SSSR count). The molecule has 0 spiro atoms. The number of hydrogen-bond donors (Lipinski definition) is 1. The van der Waals surface area contributed by atoms with Gasteiger partial charge in [-0.1, -0.05) is 73.7 Å². The van der Waals surface area contributed by atoms with Crippen molar-refractivity contribution < 1.29 is 0 Å². The van der Waals surface area contributed by atoms with Crippen LogP contribution in [-0.4, -0.2) is 20.6 Å². The number of nitrogens with one attached hydrogen (secondary N) is 1. The summed E-state index contributed by atoms with van der Waals surface area (Å²) in [5.41, 5.74) is 3.95. The van der Waals surface area contributed by atoms with E-state index in [0.29, 0.717) is 17.7 Å². The van der Waals surface area contributed by atoms with Crippen LogP contribution < -0.4 is 0 Å². The molecule has 0 amide bonds. The third-order valence-corrected chi connectivity index (χ3v) is 6.57. The lowest BCUT2D eigenvalue weighted by molar-refractivity contribution is 0.456. The SMILES string of the molecule is C[C@@H](CC1CC[C@H](c2ccc(-c3nn[nH]n3)cc2)C1)c1cccc2ccccc12. The van der Waals surface area contributed by atoms with E-state index < -0.39 is 0 Å². The van der Waals surface area contributed by atoms with Crippen LogP contribution in [0.1, 0.15) is 55.6 Å². The number of rotatable bonds is 5. The van der Waals surface area contributed by atoms with Gasteiger partial charge in [-0.3, -0.25) is 0 Å². The Hall–Kier alpha value is -3.01. The maximum atomic E-state index is 4.06. The highest BCUT2D eigenvalue weighted by molar-refractivity contribution is 5.86. The molecule has 1 unspecified atom stereocenters. The fourth-order valence-corrected chi connectivity index (χ4v) is 5.09. The van der Waals surface area contributed by atoms with Crippen molar-refractivity contribution in [2.45, 2.75) is 44.4 Å². The maximum Gasteiger partial charge on any atom is 0.204 e. The summed E-state index contributed by atoms with van der Waals surface area (Å²) in [6.45, 7) is 2.40. The zero-order valence-corrected chi connectivity index (χ0v) is 16.8. The first-order chi connectivity index (χ1) is 14.3. The molecule has 1 fully saturated rings. The maximum absolute atomic E-state index is 4.06. The van der Waals surface area contributed by atoms with E-state index >= 15 is 0 Å². The topological polar surface area (TPSA) is 54.5 Å². The number of hydrogen-bond acceptors (Lipinski definition) is 3. The summed E-state index contributed by atoms with van der Waals surface area (Å²) >= 11 is 0. The number of aromatic nitrogens is 4. The van der Waals surface area contributed by atoms with Crippen molar-refractivity contribution in [1.82, 2.24) is 20.6 Å². The van der Waals surface area contributed by atoms with Gasteiger partial charge in [0.2, 0.25) is 5.82 Å². The van der Waals surface area contributed by atoms with E-state index in [1.165, 1.54) is 47.6 Å². The number of aromatic amines is 1. The van der Waals surface area contributed by atoms with Crippen molar-refractivity contribution in [3.8, 4) is 11.4 Å². The second-order valence-corrected chi connectivity index (χ2v) is 8.44. The van der Waals surface area contributed by atoms with E-state index in [1.807, 2.05) is 0 Å². The second-order valence-electron chi connectivity index (χ2n) is 8.44. The van der Waals surface area contributed by atoms with Crippen LogP contribution in [0, 0.1) is 5.92 Å². The third kappa shape index (κ3) is 3.67. The van der Waals surface area contributed by atoms with Crippen LogP contribution >= 0.6 is 0 Å². The molecule has 1 heterocycles. The minimum Gasteiger partial charge on any atom is -0.177 e. The van der Waals surface area contributed by atoms with Gasteiger partial charge in [0.15, 0.2) is 0 Å². The summed E-state index contributed by atoms with van der Waals surface area (Å²) in [6, 6.07) is 24.2. The molecule has 0 bridgehead atoms. The van der Waals surface area contributed by atoms with Crippen LogP contribution in [0.5, 0.6) is 0 Å². The van der Waals surface area contributed by atoms with Crippen LogP contribution in [-0.2, 0) is 0 Å². The minimum atomic E-state index is 0.588. The molecule has 1 aromatic heterocycles. The van der Waals surface area contributed by atoms with Crippen LogP contribution in [0.3, 0.4) is 0 Å². The normalized spacial score (nSPS) is 20.2. The Morgan fingerprint density at radius 3 is 2.62 bits per heavy atom. The molecule has 1 N–H and O–H groups in total. The molecule has 29 heavy (non-hydrogen) atoms. The van der Waals surface area contributed by atoms with Gasteiger partial charge < -0.3 is 0 Å². The fourth-order valence-electron chi connectivity index (χ4n) is 5.09. The Balaban J connectivity index is 1.26. The van der Waals surface area contributed by atoms with Crippen LogP contribution in [0.15, 0.2) is 66.7 Å². The summed E-state index contributed by atoms with van der Waals surface area (Å²) < 4.78 is 0. The molecule has 3 atom stereocenters. The fraction of sp³-hybridized carbons (Fsp3) is 0.320. The predicted octanol–water partition coefficient (Wildman–Crippen LogP) is 6.10. The van der Waals surface area contributed by atoms with Crippen molar-refractivity contribution in [3.63, 3.8) is 0 Å². The molecular weight excluding hydrogens is 356 g/mol. The minimum absolute atomic E-state index is 0.588. The average Bonchev–Trinajstić information content (AvgIpc) is 3.46. The molecule has 0 aliphatic heterocycles. The summed E-state index contributed by atoms with van der Waals surface area (Å²) in [5.74, 6) is 2.71. The Kier molecular flexibility index (Phi) is 4.84. The first kappa shape index (κ1) is 18.0. The largest absolute Gasteiger partial charge is 0.204 e. The van der Waals surface area contributed by atoms with E-state index in [4.69, 9.17) is 0 Å². The molecule has 0 saturated heterocycles. The highest BCUT2D eigenvalue weighted by atomic mass is 15.5. The van der Waals surface area contributed by atoms with Gasteiger partial charge in [-0.05, 0) is 70.5 Å². The van der Waals surface area contributed by atoms with Crippen LogP contribution in [0.4, 0.5) is 0 Å². The quantitative estimate of drug-likeness (QED) is 0.454. The van der Waals surface area contributed by atoms with Gasteiger partial charge in [0.25, 0.3) is 0 Å². The van der Waals surface area contributed by atoms with Gasteiger partial charge in [-0.15, -0.1) is 10.2 Å². The highest BCUT2D eigenvalue weighted by Gasteiger charge is 2.27. The predicted molar refractivity (Wildman–Crippen MR) is 117 cm³/mol. The van der Waals surface area contributed by atoms with E-state index in [1.54, 1.807) is 0 Å². The third-order valence-electron chi connectivity index (χ3n) is 6.57. The molecule has 3 aromatic carbocycles. The van der Waals surface area contributed by atoms with Crippen LogP contribution in [0.2, 0.25) is 0 Å². The molecule has 4 heteroatoms. The summed E-state index contributed by atoms with van der Waals surface area (Å²) in [7, 11) is 0. The summed E-state index contributed by atoms with van der Waals surface area (Å²) in [4.78, 5) is 0. The van der Waals surface area contributed by atoms with Gasteiger partial charge in [-0.2, -0.15) is 5.21 Å². The van der Waals surface area contributed by atoms with Crippen molar-refractivity contribution in [1.29, 1.82) is 0 Å². The van der Waals surface area contributed by atoms with Gasteiger partial charge >= 0.3 is 0 Å². The van der Waals surface area contributed by atoms with Crippen molar-refractivity contribution in [2.75, 3.05) is 0 Å². The Bertz CT molecular complexity index is 1080. The monoisotopic (exact) mass is 382 g/mol. The molecule has 0 radical (unpaired) electrons. The van der Waals surface area contributed by atoms with Crippen molar-refractivity contribution >= 4 is 10.8 Å². The zero-order chi connectivity index (χ0) is 19.6. The molecule has 4 nitrogen and oxygen atoms in total. The van der Waals surface area contributed by atoms with Crippen LogP contribution in [0.25, 0.3) is 22.2 Å². The van der Waals surface area contributed by atoms with E-state index in [9.17, 15) is 0 Å². The molecule has 1 aliphatic rings. The molecule has 4 aromatic rings. The number of tetrazole rings is 1. The van der Waals surface area contributed by atoms with E-state index in [0.717, 1.165) is 11.5 Å². The van der Waals surface area contributed by atoms with Crippen molar-refractivity contribution in [2.24, 2.45) is 5.92 Å². The first-order valence-corrected chi connectivity index (χ1v) is 10.6. The lowest BCUT2D eigenvalue weighted by atomic mass is 9.86. The second kappa shape index (κ2) is 7.78. The number of fused-ring (bicyclic) bond motifs is 1. The standard InChI is InChI=1S/C25H26N4/c1-17(23-8-4-6-20-5-2-3-7-24(20)23)15-18-9-10-22(16-18)19-11-13-21(14-12-19)25-26-28-29-27-25/h2-8,11-14,17-18,22H,9-10,15-16H2,1H3,(H,26,27,28,29)/t17-,18?,22-/m0/s1. The average molecular weight is 383 g/mol. The lowest BCUT2D eigenvalue weighted by Crippen LogP contribution is -2.03. The molecule has 1 saturated carbocycles. The lowest BCUT2D eigenvalue weighted by Gasteiger charge is -2.19. The van der Waals surface area contributed by atoms with E-state index in [2.05, 4.69) is 94.3 Å². The highest BCUT2D eigenvalue weighted by Crippen LogP contribution is 2.43. The summed E-state index contributed by atoms with van der Waals surface area (Å²) in [5, 5.41) is 17.0. The smallest absolute Gasteiger partial charge is 0.177 e. The Morgan fingerprint density at radius 1 is 0.966 bits per heavy atom. The van der Waals surface area contributed by atoms with Gasteiger partial charge in [0.05, 0.1) is 0 Å². The molecular formula is C25H26N4. The molecule has 146 valence electrons. The number of H-pyrrole nitrogens is 1. The number of nitrogens with zero attached hydrogens (tertiary/aromatic N) is 3. The van der Waals surface area contributed by atoms with E-state index in [-0.39, 0.29) is 0 Å². The van der Waals surface area contributed by atoms with Gasteiger partial charge in [-0.25, -0.2) is 0 Å². The van der Waals surface area contributed by atoms with Gasteiger partial charge in [0.1, 0.15) is 0 Å². The van der Waals surface area contributed by atoms with Crippen molar-refractivity contribution in [3.05, 3.63) is 77.9 Å². The number of benzene rings is 3. The van der Waals surface area contributed by atoms with Gasteiger partial charge in [0, 0.05) is 5.56 Å².